The Bertz CT molecular complexity index is 680. The van der Waals surface area contributed by atoms with E-state index >= 15 is 0 Å². The summed E-state index contributed by atoms with van der Waals surface area (Å²) in [6.45, 7) is 6.47. The minimum atomic E-state index is -0.333. The standard InChI is InChI=1S/C23H29NO2/c1-4-26-23(25)22(17-18(2)3)24-21(20-13-9-6-10-14-20)16-15-19-11-7-5-8-12-19/h5-16,18,21-22,24H,4,17H2,1-3H3/b16-15+/t21?,22-/m0/s1. The molecule has 138 valence electrons. The Hall–Kier alpha value is -2.39. The van der Waals surface area contributed by atoms with E-state index in [0.717, 1.165) is 17.5 Å². The summed E-state index contributed by atoms with van der Waals surface area (Å²) in [5.74, 6) is 0.210. The Morgan fingerprint density at radius 2 is 1.65 bits per heavy atom. The van der Waals surface area contributed by atoms with Gasteiger partial charge in [-0.1, -0.05) is 86.7 Å². The predicted octanol–water partition coefficient (Wildman–Crippen LogP) is 5.01. The zero-order valence-corrected chi connectivity index (χ0v) is 15.9. The van der Waals surface area contributed by atoms with Crippen molar-refractivity contribution in [1.82, 2.24) is 5.32 Å². The Morgan fingerprint density at radius 1 is 1.04 bits per heavy atom. The van der Waals surface area contributed by atoms with Gasteiger partial charge in [-0.05, 0) is 30.4 Å². The van der Waals surface area contributed by atoms with Crippen LogP contribution in [0, 0.1) is 5.92 Å². The minimum absolute atomic E-state index is 0.0652. The SMILES string of the molecule is CCOC(=O)[C@H](CC(C)C)NC(/C=C/c1ccccc1)c1ccccc1. The molecule has 0 heterocycles. The first-order valence-electron chi connectivity index (χ1n) is 9.31. The maximum Gasteiger partial charge on any atom is 0.323 e. The van der Waals surface area contributed by atoms with E-state index in [4.69, 9.17) is 4.74 Å². The number of benzene rings is 2. The smallest absolute Gasteiger partial charge is 0.323 e. The molecule has 0 saturated heterocycles. The quantitative estimate of drug-likeness (QED) is 0.646. The van der Waals surface area contributed by atoms with E-state index in [-0.39, 0.29) is 18.1 Å². The lowest BCUT2D eigenvalue weighted by Crippen LogP contribution is -2.40. The zero-order chi connectivity index (χ0) is 18.8. The van der Waals surface area contributed by atoms with Crippen LogP contribution in [0.5, 0.6) is 0 Å². The van der Waals surface area contributed by atoms with Crippen LogP contribution in [0.15, 0.2) is 66.7 Å². The van der Waals surface area contributed by atoms with E-state index in [0.29, 0.717) is 12.5 Å². The van der Waals surface area contributed by atoms with Gasteiger partial charge in [0.05, 0.1) is 12.6 Å². The fourth-order valence-corrected chi connectivity index (χ4v) is 2.86. The molecule has 0 radical (unpaired) electrons. The highest BCUT2D eigenvalue weighted by molar-refractivity contribution is 5.76. The van der Waals surface area contributed by atoms with Gasteiger partial charge in [-0.25, -0.2) is 0 Å². The van der Waals surface area contributed by atoms with Crippen molar-refractivity contribution in [3.63, 3.8) is 0 Å². The molecule has 3 heteroatoms. The Labute approximate surface area is 157 Å². The number of rotatable bonds is 9. The first kappa shape index (κ1) is 19.9. The van der Waals surface area contributed by atoms with Gasteiger partial charge >= 0.3 is 5.97 Å². The van der Waals surface area contributed by atoms with E-state index in [1.54, 1.807) is 0 Å². The second-order valence-corrected chi connectivity index (χ2v) is 6.76. The summed E-state index contributed by atoms with van der Waals surface area (Å²) in [7, 11) is 0. The molecule has 3 nitrogen and oxygen atoms in total. The third-order valence-electron chi connectivity index (χ3n) is 4.10. The average Bonchev–Trinajstić information content (AvgIpc) is 2.65. The van der Waals surface area contributed by atoms with Crippen molar-refractivity contribution < 1.29 is 9.53 Å². The molecular formula is C23H29NO2. The van der Waals surface area contributed by atoms with E-state index in [9.17, 15) is 4.79 Å². The molecule has 2 aromatic carbocycles. The van der Waals surface area contributed by atoms with Crippen LogP contribution in [0.25, 0.3) is 6.08 Å². The van der Waals surface area contributed by atoms with Gasteiger partial charge in [0.1, 0.15) is 6.04 Å². The summed E-state index contributed by atoms with van der Waals surface area (Å²) >= 11 is 0. The number of hydrogen-bond donors (Lipinski definition) is 1. The molecule has 1 unspecified atom stereocenters. The minimum Gasteiger partial charge on any atom is -0.465 e. The fourth-order valence-electron chi connectivity index (χ4n) is 2.86. The predicted molar refractivity (Wildman–Crippen MR) is 108 cm³/mol. The van der Waals surface area contributed by atoms with Gasteiger partial charge in [-0.15, -0.1) is 0 Å². The van der Waals surface area contributed by atoms with Crippen LogP contribution >= 0.6 is 0 Å². The zero-order valence-electron chi connectivity index (χ0n) is 15.9. The highest BCUT2D eigenvalue weighted by Crippen LogP contribution is 2.19. The molecule has 2 rings (SSSR count). The summed E-state index contributed by atoms with van der Waals surface area (Å²) < 4.78 is 5.28. The largest absolute Gasteiger partial charge is 0.465 e. The van der Waals surface area contributed by atoms with Gasteiger partial charge in [0.2, 0.25) is 0 Å². The molecule has 0 spiro atoms. The summed E-state index contributed by atoms with van der Waals surface area (Å²) in [5.41, 5.74) is 2.25. The average molecular weight is 351 g/mol. The van der Waals surface area contributed by atoms with Crippen molar-refractivity contribution in [2.24, 2.45) is 5.92 Å². The summed E-state index contributed by atoms with van der Waals surface area (Å²) in [6.07, 6.45) is 4.93. The van der Waals surface area contributed by atoms with E-state index < -0.39 is 0 Å². The normalized spacial score (nSPS) is 13.7. The van der Waals surface area contributed by atoms with Gasteiger partial charge in [0.15, 0.2) is 0 Å². The van der Waals surface area contributed by atoms with Gasteiger partial charge in [-0.3, -0.25) is 10.1 Å². The molecule has 0 aliphatic heterocycles. The van der Waals surface area contributed by atoms with Crippen molar-refractivity contribution in [3.05, 3.63) is 77.9 Å². The van der Waals surface area contributed by atoms with Crippen LogP contribution in [0.2, 0.25) is 0 Å². The lowest BCUT2D eigenvalue weighted by Gasteiger charge is -2.24. The van der Waals surface area contributed by atoms with Crippen molar-refractivity contribution in [2.75, 3.05) is 6.61 Å². The van der Waals surface area contributed by atoms with Crippen LogP contribution in [0.3, 0.4) is 0 Å². The second-order valence-electron chi connectivity index (χ2n) is 6.76. The first-order valence-corrected chi connectivity index (χ1v) is 9.31. The number of hydrogen-bond acceptors (Lipinski definition) is 3. The molecule has 0 aliphatic carbocycles. The van der Waals surface area contributed by atoms with Crippen molar-refractivity contribution in [2.45, 2.75) is 39.3 Å². The van der Waals surface area contributed by atoms with E-state index in [1.165, 1.54) is 0 Å². The highest BCUT2D eigenvalue weighted by Gasteiger charge is 2.24. The number of carbonyl (C=O) groups is 1. The topological polar surface area (TPSA) is 38.3 Å². The molecule has 1 N–H and O–H groups in total. The van der Waals surface area contributed by atoms with Crippen LogP contribution in [0.1, 0.15) is 44.4 Å². The second kappa shape index (κ2) is 10.6. The van der Waals surface area contributed by atoms with Gasteiger partial charge in [-0.2, -0.15) is 0 Å². The van der Waals surface area contributed by atoms with Crippen molar-refractivity contribution in [3.8, 4) is 0 Å². The molecule has 0 saturated carbocycles. The van der Waals surface area contributed by atoms with Gasteiger partial charge in [0.25, 0.3) is 0 Å². The summed E-state index contributed by atoms with van der Waals surface area (Å²) in [4.78, 5) is 12.4. The molecule has 26 heavy (non-hydrogen) atoms. The Balaban J connectivity index is 2.24. The molecule has 2 atom stereocenters. The molecule has 2 aromatic rings. The monoisotopic (exact) mass is 351 g/mol. The molecule has 0 amide bonds. The number of esters is 1. The Kier molecular flexibility index (Phi) is 8.10. The number of nitrogens with one attached hydrogen (secondary N) is 1. The lowest BCUT2D eigenvalue weighted by molar-refractivity contribution is -0.146. The Morgan fingerprint density at radius 3 is 2.23 bits per heavy atom. The molecule has 0 fully saturated rings. The maximum absolute atomic E-state index is 12.4. The summed E-state index contributed by atoms with van der Waals surface area (Å²) in [6, 6.07) is 20.0. The highest BCUT2D eigenvalue weighted by atomic mass is 16.5. The maximum atomic E-state index is 12.4. The number of ether oxygens (including phenoxy) is 1. The first-order chi connectivity index (χ1) is 12.6. The van der Waals surface area contributed by atoms with E-state index in [2.05, 4.69) is 55.6 Å². The van der Waals surface area contributed by atoms with Crippen LogP contribution in [-0.2, 0) is 9.53 Å². The van der Waals surface area contributed by atoms with Crippen molar-refractivity contribution >= 4 is 12.0 Å². The third kappa shape index (κ3) is 6.49. The van der Waals surface area contributed by atoms with Gasteiger partial charge < -0.3 is 4.74 Å². The van der Waals surface area contributed by atoms with Crippen LogP contribution in [-0.4, -0.2) is 18.6 Å². The van der Waals surface area contributed by atoms with Crippen molar-refractivity contribution in [1.29, 1.82) is 0 Å². The van der Waals surface area contributed by atoms with Crippen LogP contribution in [0.4, 0.5) is 0 Å². The van der Waals surface area contributed by atoms with E-state index in [1.807, 2.05) is 43.3 Å². The lowest BCUT2D eigenvalue weighted by atomic mass is 9.99. The summed E-state index contributed by atoms with van der Waals surface area (Å²) in [5, 5.41) is 3.50. The molecule has 0 bridgehead atoms. The fraction of sp³-hybridized carbons (Fsp3) is 0.348. The molecule has 0 aromatic heterocycles. The van der Waals surface area contributed by atoms with Gasteiger partial charge in [0, 0.05) is 0 Å². The third-order valence-corrected chi connectivity index (χ3v) is 4.10. The number of carbonyl (C=O) groups excluding carboxylic acids is 1. The van der Waals surface area contributed by atoms with Crippen LogP contribution < -0.4 is 5.32 Å². The molecular weight excluding hydrogens is 322 g/mol. The molecule has 0 aliphatic rings.